The van der Waals surface area contributed by atoms with Crippen LogP contribution in [-0.4, -0.2) is 56.9 Å². The summed E-state index contributed by atoms with van der Waals surface area (Å²) in [6.45, 7) is 0. The number of carboxylic acids is 1. The first kappa shape index (κ1) is 38.2. The molecule has 10 rings (SSSR count). The Kier molecular flexibility index (Phi) is 10.4. The molecular weight excluding hydrogens is 749 g/mol. The summed E-state index contributed by atoms with van der Waals surface area (Å²) in [5.74, 6) is -0.0739. The van der Waals surface area contributed by atoms with Crippen molar-refractivity contribution >= 4 is 44.8 Å². The van der Waals surface area contributed by atoms with E-state index in [1.165, 1.54) is 4.68 Å². The molecule has 1 amide bonds. The van der Waals surface area contributed by atoms with Gasteiger partial charge in [-0.2, -0.15) is 20.4 Å². The van der Waals surface area contributed by atoms with Crippen LogP contribution in [0.5, 0.6) is 0 Å². The lowest BCUT2D eigenvalue weighted by molar-refractivity contribution is 0.0684. The second-order valence-corrected chi connectivity index (χ2v) is 14.6. The Labute approximate surface area is 336 Å². The number of H-pyrrole nitrogens is 2. The van der Waals surface area contributed by atoms with E-state index >= 15 is 0 Å². The van der Waals surface area contributed by atoms with E-state index in [-0.39, 0.29) is 22.7 Å². The number of nitrogens with two attached hydrogens (primary N) is 1. The van der Waals surface area contributed by atoms with Gasteiger partial charge in [-0.15, -0.1) is 0 Å². The Morgan fingerprint density at radius 1 is 0.644 bits per heavy atom. The third kappa shape index (κ3) is 8.39. The van der Waals surface area contributed by atoms with E-state index in [4.69, 9.17) is 10.8 Å². The molecular formula is C44H40N10O5. The van der Waals surface area contributed by atoms with Crippen LogP contribution in [-0.2, 0) is 14.1 Å². The van der Waals surface area contributed by atoms with Crippen molar-refractivity contribution in [3.8, 4) is 22.5 Å². The molecule has 2 saturated carbocycles. The fraction of sp³-hybridized carbons (Fsp3) is 0.182. The summed E-state index contributed by atoms with van der Waals surface area (Å²) >= 11 is 0. The number of nitrogens with zero attached hydrogens (tertiary/aromatic N) is 6. The number of hydrogen-bond donors (Lipinski definition) is 5. The molecule has 59 heavy (non-hydrogen) atoms. The summed E-state index contributed by atoms with van der Waals surface area (Å²) in [4.78, 5) is 46.9. The van der Waals surface area contributed by atoms with E-state index in [2.05, 4.69) is 35.9 Å². The number of benzene rings is 4. The highest BCUT2D eigenvalue weighted by Crippen LogP contribution is 2.40. The number of carboxylic acid groups (broad SMARTS) is 1. The molecule has 2 aliphatic rings. The number of aromatic carboxylic acids is 1. The fourth-order valence-electron chi connectivity index (χ4n) is 6.77. The number of hydrogen-bond acceptors (Lipinski definition) is 9. The van der Waals surface area contributed by atoms with Gasteiger partial charge in [-0.1, -0.05) is 60.7 Å². The second-order valence-electron chi connectivity index (χ2n) is 14.6. The lowest BCUT2D eigenvalue weighted by Crippen LogP contribution is -2.16. The summed E-state index contributed by atoms with van der Waals surface area (Å²) in [5, 5.41) is 36.5. The van der Waals surface area contributed by atoms with Gasteiger partial charge in [0.05, 0.1) is 33.5 Å². The molecule has 15 nitrogen and oxygen atoms in total. The molecule has 2 fully saturated rings. The van der Waals surface area contributed by atoms with Crippen molar-refractivity contribution in [2.75, 3.05) is 11.1 Å². The molecule has 4 aromatic carbocycles. The van der Waals surface area contributed by atoms with E-state index in [1.807, 2.05) is 91.0 Å². The van der Waals surface area contributed by atoms with Crippen molar-refractivity contribution in [2.45, 2.75) is 37.5 Å². The molecule has 6 N–H and O–H groups in total. The Morgan fingerprint density at radius 3 is 1.51 bits per heavy atom. The Morgan fingerprint density at radius 2 is 1.07 bits per heavy atom. The third-order valence-corrected chi connectivity index (χ3v) is 10.2. The Bertz CT molecular complexity index is 2960. The largest absolute Gasteiger partial charge is 0.477 e. The average molecular weight is 789 g/mol. The molecule has 4 aromatic heterocycles. The number of nitrogen functional groups attached to an aromatic ring is 1. The van der Waals surface area contributed by atoms with Gasteiger partial charge in [-0.3, -0.25) is 23.7 Å². The highest BCUT2D eigenvalue weighted by atomic mass is 16.4. The topological polar surface area (TPSA) is 220 Å². The summed E-state index contributed by atoms with van der Waals surface area (Å²) < 4.78 is 3.06. The van der Waals surface area contributed by atoms with Gasteiger partial charge in [-0.25, -0.2) is 15.0 Å². The molecule has 8 aromatic rings. The molecule has 0 aliphatic heterocycles. The first-order valence-electron chi connectivity index (χ1n) is 19.1. The maximum atomic E-state index is 12.6. The van der Waals surface area contributed by atoms with Crippen molar-refractivity contribution in [1.82, 2.24) is 40.0 Å². The third-order valence-electron chi connectivity index (χ3n) is 10.2. The smallest absolute Gasteiger partial charge is 0.354 e. The van der Waals surface area contributed by atoms with E-state index in [1.54, 1.807) is 37.0 Å². The number of anilines is 2. The molecule has 296 valence electrons. The number of nitrogens with one attached hydrogen (secondary N) is 3. The van der Waals surface area contributed by atoms with Crippen LogP contribution in [0.15, 0.2) is 119 Å². The zero-order chi connectivity index (χ0) is 41.2. The van der Waals surface area contributed by atoms with Crippen molar-refractivity contribution in [3.05, 3.63) is 153 Å². The molecule has 0 bridgehead atoms. The fourth-order valence-corrected chi connectivity index (χ4v) is 6.77. The number of fused-ring (bicyclic) bond motifs is 2. The molecule has 0 saturated heterocycles. The van der Waals surface area contributed by atoms with Crippen molar-refractivity contribution in [1.29, 1.82) is 0 Å². The number of aromatic nitrogens is 8. The van der Waals surface area contributed by atoms with Crippen LogP contribution in [0.25, 0.3) is 44.1 Å². The first-order chi connectivity index (χ1) is 28.5. The maximum absolute atomic E-state index is 12.6. The van der Waals surface area contributed by atoms with Crippen molar-refractivity contribution in [2.24, 2.45) is 14.1 Å². The predicted octanol–water partition coefficient (Wildman–Crippen LogP) is 6.62. The lowest BCUT2D eigenvalue weighted by Gasteiger charge is -2.08. The average Bonchev–Trinajstić information content (AvgIpc) is 4.19. The van der Waals surface area contributed by atoms with E-state index in [9.17, 15) is 19.2 Å². The molecule has 0 spiro atoms. The summed E-state index contributed by atoms with van der Waals surface area (Å²) in [6.07, 6.45) is 4.59. The van der Waals surface area contributed by atoms with Crippen LogP contribution in [0, 0.1) is 0 Å². The zero-order valence-corrected chi connectivity index (χ0v) is 32.2. The molecule has 4 heterocycles. The number of carbonyl (C=O) groups excluding carboxylic acids is 1. The van der Waals surface area contributed by atoms with Crippen LogP contribution < -0.4 is 22.2 Å². The van der Waals surface area contributed by atoms with Crippen LogP contribution in [0.1, 0.15) is 69.9 Å². The van der Waals surface area contributed by atoms with Gasteiger partial charge >= 0.3 is 5.97 Å². The highest BCUT2D eigenvalue weighted by Gasteiger charge is 2.29. The normalized spacial score (nSPS) is 13.3. The van der Waals surface area contributed by atoms with Gasteiger partial charge in [0.2, 0.25) is 0 Å². The van der Waals surface area contributed by atoms with Gasteiger partial charge in [-0.05, 0) is 74.2 Å². The number of carbonyl (C=O) groups is 2. The van der Waals surface area contributed by atoms with E-state index < -0.39 is 5.97 Å². The lowest BCUT2D eigenvalue weighted by atomic mass is 10.0. The summed E-state index contributed by atoms with van der Waals surface area (Å²) in [7, 11) is 3.45. The number of aromatic amines is 2. The van der Waals surface area contributed by atoms with Crippen LogP contribution in [0.3, 0.4) is 0 Å². The van der Waals surface area contributed by atoms with Crippen molar-refractivity contribution in [3.63, 3.8) is 0 Å². The first-order valence-corrected chi connectivity index (χ1v) is 19.1. The molecule has 2 aliphatic carbocycles. The number of aryl methyl sites for hydroxylation is 2. The summed E-state index contributed by atoms with van der Waals surface area (Å²) in [6, 6.07) is 33.1. The van der Waals surface area contributed by atoms with E-state index in [0.29, 0.717) is 45.4 Å². The van der Waals surface area contributed by atoms with Crippen LogP contribution in [0.2, 0.25) is 0 Å². The number of amides is 1. The standard InChI is InChI=1S/C22H19N5O2.C14H11N3O.C8H10N2O2/c1-27-19(12-18(26-27)13-6-7-13)22(29)23-15-10-8-14(9-11-15)20-16-4-2-3-5-17(16)21(28)25-24-20;15-10-7-5-9(6-8-10)13-11-3-1-2-4-12(11)14(18)17-16-13;1-10-7(8(11)12)4-6(9-10)5-2-3-5/h2-5,8-13H,6-7H2,1H3,(H,23,29)(H,25,28);1-8H,15H2,(H,17,18);4-5H,2-3H2,1H3,(H,11,12). The Balaban J connectivity index is 0.000000137. The van der Waals surface area contributed by atoms with E-state index in [0.717, 1.165) is 64.7 Å². The molecule has 0 unspecified atom stereocenters. The SMILES string of the molecule is Cn1nc(C2CC2)cc1C(=O)Nc1ccc(-c2n[nH]c(=O)c3ccccc23)cc1.Cn1nc(C2CC2)cc1C(=O)O.Nc1ccc(-c2n[nH]c(=O)c3ccccc23)cc1. The van der Waals surface area contributed by atoms with Crippen LogP contribution in [0.4, 0.5) is 11.4 Å². The second kappa shape index (κ2) is 16.1. The van der Waals surface area contributed by atoms with Crippen molar-refractivity contribution < 1.29 is 14.7 Å². The molecule has 0 radical (unpaired) electrons. The predicted molar refractivity (Wildman–Crippen MR) is 225 cm³/mol. The van der Waals surface area contributed by atoms with Gasteiger partial charge in [0.15, 0.2) is 0 Å². The minimum absolute atomic E-state index is 0.176. The van der Waals surface area contributed by atoms with Gasteiger partial charge < -0.3 is 16.2 Å². The van der Waals surface area contributed by atoms with Gasteiger partial charge in [0.25, 0.3) is 17.0 Å². The quantitative estimate of drug-likeness (QED) is 0.109. The maximum Gasteiger partial charge on any atom is 0.354 e. The monoisotopic (exact) mass is 788 g/mol. The van der Waals surface area contributed by atoms with Gasteiger partial charge in [0, 0.05) is 59.2 Å². The summed E-state index contributed by atoms with van der Waals surface area (Å²) in [5.41, 5.74) is 12.6. The van der Waals surface area contributed by atoms with Crippen LogP contribution >= 0.6 is 0 Å². The minimum atomic E-state index is -0.906. The molecule has 15 heteroatoms. The minimum Gasteiger partial charge on any atom is -0.477 e. The molecule has 0 atom stereocenters. The number of rotatable bonds is 7. The van der Waals surface area contributed by atoms with Gasteiger partial charge in [0.1, 0.15) is 11.4 Å². The zero-order valence-electron chi connectivity index (χ0n) is 32.2. The Hall–Kier alpha value is -7.68. The highest BCUT2D eigenvalue weighted by molar-refractivity contribution is 6.03.